The van der Waals surface area contributed by atoms with Crippen LogP contribution in [-0.4, -0.2) is 26.4 Å². The highest BCUT2D eigenvalue weighted by atomic mass is 32.1. The number of phenols is 2. The summed E-state index contributed by atoms with van der Waals surface area (Å²) in [5, 5.41) is 32.3. The van der Waals surface area contributed by atoms with Gasteiger partial charge in [-0.25, -0.2) is 4.79 Å². The van der Waals surface area contributed by atoms with E-state index in [1.807, 2.05) is 0 Å². The second-order valence-electron chi connectivity index (χ2n) is 6.58. The summed E-state index contributed by atoms with van der Waals surface area (Å²) in [6, 6.07) is 14.2. The summed E-state index contributed by atoms with van der Waals surface area (Å²) < 4.78 is 5.85. The summed E-state index contributed by atoms with van der Waals surface area (Å²) in [6.07, 6.45) is 0. The lowest BCUT2D eigenvalue weighted by atomic mass is 9.80. The third-order valence-corrected chi connectivity index (χ3v) is 4.80. The Labute approximate surface area is 171 Å². The standard InChI is InChI=1S/C21H16N2O5S/c22-21(29)23-10-1-4-13(16(7-10)20(26)27)19-14-5-2-11(24)8-17(14)28-18-9-12(25)3-6-15(18)19/h1-9,19,24-25H,(H,26,27)(H3,22,23,29). The predicted molar refractivity (Wildman–Crippen MR) is 111 cm³/mol. The number of ether oxygens (including phenoxy) is 1. The zero-order valence-electron chi connectivity index (χ0n) is 14.9. The van der Waals surface area contributed by atoms with E-state index in [0.717, 1.165) is 0 Å². The van der Waals surface area contributed by atoms with Gasteiger partial charge in [0, 0.05) is 34.9 Å². The van der Waals surface area contributed by atoms with Crippen LogP contribution in [-0.2, 0) is 0 Å². The summed E-state index contributed by atoms with van der Waals surface area (Å²) in [7, 11) is 0. The van der Waals surface area contributed by atoms with Gasteiger partial charge in [0.05, 0.1) is 5.56 Å². The van der Waals surface area contributed by atoms with Crippen LogP contribution in [0.25, 0.3) is 0 Å². The lowest BCUT2D eigenvalue weighted by molar-refractivity contribution is 0.0695. The first-order chi connectivity index (χ1) is 13.8. The number of hydrogen-bond acceptors (Lipinski definition) is 5. The van der Waals surface area contributed by atoms with Crippen molar-refractivity contribution in [3.05, 3.63) is 76.9 Å². The molecule has 0 saturated heterocycles. The minimum atomic E-state index is -1.11. The summed E-state index contributed by atoms with van der Waals surface area (Å²) >= 11 is 4.83. The second kappa shape index (κ2) is 6.99. The number of anilines is 1. The fraction of sp³-hybridized carbons (Fsp3) is 0.0476. The number of aromatic hydroxyl groups is 2. The Bertz CT molecular complexity index is 1110. The van der Waals surface area contributed by atoms with Crippen molar-refractivity contribution in [1.29, 1.82) is 0 Å². The topological polar surface area (TPSA) is 125 Å². The first kappa shape index (κ1) is 18.6. The van der Waals surface area contributed by atoms with Crippen molar-refractivity contribution in [2.75, 3.05) is 5.32 Å². The molecule has 0 fully saturated rings. The quantitative estimate of drug-likeness (QED) is 0.325. The number of carboxylic acids is 1. The minimum Gasteiger partial charge on any atom is -0.508 e. The molecule has 8 heteroatoms. The zero-order chi connectivity index (χ0) is 20.7. The average Bonchev–Trinajstić information content (AvgIpc) is 2.65. The van der Waals surface area contributed by atoms with Gasteiger partial charge in [0.15, 0.2) is 5.11 Å². The number of carboxylic acid groups (broad SMARTS) is 1. The number of carbonyl (C=O) groups is 1. The Morgan fingerprint density at radius 1 is 0.931 bits per heavy atom. The van der Waals surface area contributed by atoms with Crippen LogP contribution in [0.4, 0.5) is 5.69 Å². The lowest BCUT2D eigenvalue weighted by Gasteiger charge is -2.29. The maximum Gasteiger partial charge on any atom is 0.336 e. The van der Waals surface area contributed by atoms with E-state index in [1.165, 1.54) is 30.3 Å². The summed E-state index contributed by atoms with van der Waals surface area (Å²) in [5.41, 5.74) is 7.93. The van der Waals surface area contributed by atoms with Gasteiger partial charge < -0.3 is 31.1 Å². The molecule has 3 aromatic rings. The van der Waals surface area contributed by atoms with Gasteiger partial charge in [-0.15, -0.1) is 0 Å². The lowest BCUT2D eigenvalue weighted by Crippen LogP contribution is -2.20. The van der Waals surface area contributed by atoms with Gasteiger partial charge in [-0.3, -0.25) is 0 Å². The Hall–Kier alpha value is -3.78. The van der Waals surface area contributed by atoms with Crippen LogP contribution in [0.3, 0.4) is 0 Å². The maximum absolute atomic E-state index is 12.0. The van der Waals surface area contributed by atoms with E-state index in [0.29, 0.717) is 33.9 Å². The van der Waals surface area contributed by atoms with Gasteiger partial charge in [-0.05, 0) is 42.0 Å². The number of benzene rings is 3. The average molecular weight is 408 g/mol. The van der Waals surface area contributed by atoms with Gasteiger partial charge in [0.2, 0.25) is 0 Å². The molecule has 6 N–H and O–H groups in total. The Morgan fingerprint density at radius 3 is 2.00 bits per heavy atom. The number of hydrogen-bond donors (Lipinski definition) is 5. The van der Waals surface area contributed by atoms with Crippen LogP contribution in [0.1, 0.15) is 33.0 Å². The molecule has 1 aliphatic rings. The molecule has 0 saturated carbocycles. The Morgan fingerprint density at radius 2 is 1.48 bits per heavy atom. The van der Waals surface area contributed by atoms with Crippen molar-refractivity contribution >= 4 is 29.0 Å². The molecule has 0 radical (unpaired) electrons. The molecule has 0 atom stereocenters. The Balaban J connectivity index is 1.95. The molecular formula is C21H16N2O5S. The second-order valence-corrected chi connectivity index (χ2v) is 7.02. The number of rotatable bonds is 3. The van der Waals surface area contributed by atoms with Gasteiger partial charge in [-0.2, -0.15) is 0 Å². The fourth-order valence-electron chi connectivity index (χ4n) is 3.53. The first-order valence-electron chi connectivity index (χ1n) is 8.61. The highest BCUT2D eigenvalue weighted by Crippen LogP contribution is 2.49. The van der Waals surface area contributed by atoms with E-state index in [9.17, 15) is 20.1 Å². The number of nitrogens with two attached hydrogens (primary N) is 1. The number of phenolic OH excluding ortho intramolecular Hbond substituents is 2. The molecule has 0 spiro atoms. The van der Waals surface area contributed by atoms with E-state index in [2.05, 4.69) is 5.32 Å². The number of aromatic carboxylic acids is 1. The zero-order valence-corrected chi connectivity index (χ0v) is 15.7. The van der Waals surface area contributed by atoms with E-state index in [-0.39, 0.29) is 22.2 Å². The molecule has 1 heterocycles. The van der Waals surface area contributed by atoms with Crippen LogP contribution in [0.2, 0.25) is 0 Å². The maximum atomic E-state index is 12.0. The molecule has 0 amide bonds. The third-order valence-electron chi connectivity index (χ3n) is 4.70. The van der Waals surface area contributed by atoms with Crippen LogP contribution >= 0.6 is 12.2 Å². The largest absolute Gasteiger partial charge is 0.508 e. The number of thiocarbonyl (C=S) groups is 1. The van der Waals surface area contributed by atoms with E-state index >= 15 is 0 Å². The SMILES string of the molecule is NC(=S)Nc1ccc(C2c3ccc(O)cc3Oc3cc(O)ccc32)c(C(=O)O)c1. The molecule has 1 aliphatic heterocycles. The highest BCUT2D eigenvalue weighted by molar-refractivity contribution is 7.80. The van der Waals surface area contributed by atoms with Gasteiger partial charge in [0.1, 0.15) is 23.0 Å². The number of fused-ring (bicyclic) bond motifs is 2. The van der Waals surface area contributed by atoms with Crippen molar-refractivity contribution in [3.8, 4) is 23.0 Å². The van der Waals surface area contributed by atoms with Crippen molar-refractivity contribution < 1.29 is 24.9 Å². The molecule has 0 unspecified atom stereocenters. The molecule has 4 rings (SSSR count). The van der Waals surface area contributed by atoms with E-state index in [4.69, 9.17) is 22.7 Å². The molecule has 0 aliphatic carbocycles. The molecule has 7 nitrogen and oxygen atoms in total. The summed E-state index contributed by atoms with van der Waals surface area (Å²) in [4.78, 5) is 12.0. The van der Waals surface area contributed by atoms with Crippen molar-refractivity contribution in [3.63, 3.8) is 0 Å². The predicted octanol–water partition coefficient (Wildman–Crippen LogP) is 3.74. The summed E-state index contributed by atoms with van der Waals surface area (Å²) in [6.45, 7) is 0. The van der Waals surface area contributed by atoms with Crippen LogP contribution in [0.15, 0.2) is 54.6 Å². The Kier molecular flexibility index (Phi) is 4.48. The normalized spacial score (nSPS) is 12.4. The monoisotopic (exact) mass is 408 g/mol. The van der Waals surface area contributed by atoms with Crippen LogP contribution in [0.5, 0.6) is 23.0 Å². The van der Waals surface area contributed by atoms with Crippen LogP contribution in [0, 0.1) is 0 Å². The van der Waals surface area contributed by atoms with E-state index < -0.39 is 11.9 Å². The molecule has 0 aromatic heterocycles. The van der Waals surface area contributed by atoms with E-state index in [1.54, 1.807) is 24.3 Å². The first-order valence-corrected chi connectivity index (χ1v) is 9.01. The van der Waals surface area contributed by atoms with Crippen LogP contribution < -0.4 is 15.8 Å². The fourth-order valence-corrected chi connectivity index (χ4v) is 3.65. The molecule has 146 valence electrons. The van der Waals surface area contributed by atoms with Gasteiger partial charge >= 0.3 is 5.97 Å². The third kappa shape index (κ3) is 3.41. The van der Waals surface area contributed by atoms with Gasteiger partial charge in [-0.1, -0.05) is 18.2 Å². The molecule has 0 bridgehead atoms. The van der Waals surface area contributed by atoms with Crippen molar-refractivity contribution in [2.45, 2.75) is 5.92 Å². The summed E-state index contributed by atoms with van der Waals surface area (Å²) in [5.74, 6) is -0.802. The van der Waals surface area contributed by atoms with Crippen molar-refractivity contribution in [2.24, 2.45) is 5.73 Å². The number of nitrogens with one attached hydrogen (secondary N) is 1. The molecule has 3 aromatic carbocycles. The minimum absolute atomic E-state index is 0.0144. The highest BCUT2D eigenvalue weighted by Gasteiger charge is 2.32. The van der Waals surface area contributed by atoms with Gasteiger partial charge in [0.25, 0.3) is 0 Å². The van der Waals surface area contributed by atoms with Crippen molar-refractivity contribution in [1.82, 2.24) is 0 Å². The smallest absolute Gasteiger partial charge is 0.336 e. The molecular weight excluding hydrogens is 392 g/mol. The molecule has 29 heavy (non-hydrogen) atoms.